The van der Waals surface area contributed by atoms with Gasteiger partial charge in [0.25, 0.3) is 5.91 Å². The number of nitrogens with one attached hydrogen (secondary N) is 1. The first-order valence-corrected chi connectivity index (χ1v) is 8.87. The van der Waals surface area contributed by atoms with Crippen LogP contribution in [0.1, 0.15) is 37.2 Å². The highest BCUT2D eigenvalue weighted by molar-refractivity contribution is 6.33. The summed E-state index contributed by atoms with van der Waals surface area (Å²) in [7, 11) is 0. The molecule has 3 rings (SSSR count). The molecule has 2 aromatic rings. The molecule has 0 bridgehead atoms. The maximum absolute atomic E-state index is 14.7. The second-order valence-electron chi connectivity index (χ2n) is 6.55. The van der Waals surface area contributed by atoms with Crippen molar-refractivity contribution in [3.63, 3.8) is 0 Å². The van der Waals surface area contributed by atoms with Gasteiger partial charge >= 0.3 is 5.97 Å². The van der Waals surface area contributed by atoms with Crippen molar-refractivity contribution < 1.29 is 24.2 Å². The van der Waals surface area contributed by atoms with E-state index < -0.39 is 23.7 Å². The van der Waals surface area contributed by atoms with Gasteiger partial charge in [-0.2, -0.15) is 0 Å². The zero-order valence-electron chi connectivity index (χ0n) is 15.1. The van der Waals surface area contributed by atoms with Crippen LogP contribution < -0.4 is 5.32 Å². The minimum absolute atomic E-state index is 0. The number of carboxylic acid groups (broad SMARTS) is 1. The minimum atomic E-state index is -1.17. The highest BCUT2D eigenvalue weighted by Crippen LogP contribution is 2.34. The Morgan fingerprint density at radius 3 is 2.72 bits per heavy atom. The lowest BCUT2D eigenvalue weighted by molar-refractivity contribution is -0.141. The Morgan fingerprint density at radius 1 is 1.41 bits per heavy atom. The SMILES string of the molecule is C.C[C@H](C(=O)O)N1Cc2c(F)cc(-c3nc(N[C@@H](C)CO)ncc3Cl)cc2C1=O. The molecular formula is C19H22ClFN4O4. The molecule has 1 aliphatic heterocycles. The third-order valence-electron chi connectivity index (χ3n) is 4.51. The van der Waals surface area contributed by atoms with E-state index in [9.17, 15) is 14.0 Å². The number of hydrogen-bond donors (Lipinski definition) is 3. The highest BCUT2D eigenvalue weighted by Gasteiger charge is 2.36. The molecule has 2 heterocycles. The van der Waals surface area contributed by atoms with Gasteiger partial charge in [0.2, 0.25) is 5.95 Å². The number of fused-ring (bicyclic) bond motifs is 1. The number of rotatable bonds is 6. The predicted molar refractivity (Wildman–Crippen MR) is 106 cm³/mol. The van der Waals surface area contributed by atoms with E-state index in [1.54, 1.807) is 6.92 Å². The van der Waals surface area contributed by atoms with Crippen LogP contribution in [0.5, 0.6) is 0 Å². The number of carbonyl (C=O) groups is 2. The standard InChI is InChI=1S/C18H18ClFN4O4.CH4/c1-8(7-25)22-18-21-5-13(19)15(23-18)10-3-11-12(14(20)4-10)6-24(16(11)26)9(2)17(27)28;/h3-5,8-9,25H,6-7H2,1-2H3,(H,27,28)(H,21,22,23);1H4/t8-,9+;/m0./s1. The number of carbonyl (C=O) groups excluding carboxylic acids is 1. The van der Waals surface area contributed by atoms with Crippen LogP contribution in [0.15, 0.2) is 18.3 Å². The molecule has 29 heavy (non-hydrogen) atoms. The molecular weight excluding hydrogens is 403 g/mol. The normalized spacial score (nSPS) is 14.8. The maximum Gasteiger partial charge on any atom is 0.326 e. The summed E-state index contributed by atoms with van der Waals surface area (Å²) in [6, 6.07) is 1.26. The summed E-state index contributed by atoms with van der Waals surface area (Å²) in [5.74, 6) is -2.19. The van der Waals surface area contributed by atoms with Crippen LogP contribution in [-0.2, 0) is 11.3 Å². The van der Waals surface area contributed by atoms with Gasteiger partial charge in [0.1, 0.15) is 11.9 Å². The van der Waals surface area contributed by atoms with Crippen LogP contribution >= 0.6 is 11.6 Å². The van der Waals surface area contributed by atoms with Gasteiger partial charge in [-0.15, -0.1) is 0 Å². The number of aromatic nitrogens is 2. The third kappa shape index (κ3) is 4.30. The fourth-order valence-corrected chi connectivity index (χ4v) is 3.07. The Balaban J connectivity index is 0.00000300. The Kier molecular flexibility index (Phi) is 6.76. The average molecular weight is 425 g/mol. The van der Waals surface area contributed by atoms with Crippen LogP contribution in [0.2, 0.25) is 5.02 Å². The molecule has 1 amide bonds. The zero-order chi connectivity index (χ0) is 20.6. The predicted octanol–water partition coefficient (Wildman–Crippen LogP) is 2.79. The van der Waals surface area contributed by atoms with E-state index in [-0.39, 0.29) is 60.0 Å². The van der Waals surface area contributed by atoms with Gasteiger partial charge in [-0.05, 0) is 26.0 Å². The van der Waals surface area contributed by atoms with E-state index in [1.165, 1.54) is 25.3 Å². The Morgan fingerprint density at radius 2 is 2.10 bits per heavy atom. The lowest BCUT2D eigenvalue weighted by Crippen LogP contribution is -2.38. The van der Waals surface area contributed by atoms with Gasteiger partial charge in [0, 0.05) is 22.7 Å². The Hall–Kier alpha value is -2.78. The summed E-state index contributed by atoms with van der Waals surface area (Å²) in [6.45, 7) is 2.84. The van der Waals surface area contributed by atoms with E-state index in [2.05, 4.69) is 15.3 Å². The molecule has 0 fully saturated rings. The van der Waals surface area contributed by atoms with Crippen LogP contribution in [0.25, 0.3) is 11.3 Å². The fraction of sp³-hybridized carbons (Fsp3) is 0.368. The molecule has 8 nitrogen and oxygen atoms in total. The van der Waals surface area contributed by atoms with Gasteiger partial charge in [0.05, 0.1) is 30.1 Å². The number of anilines is 1. The zero-order valence-corrected chi connectivity index (χ0v) is 15.9. The van der Waals surface area contributed by atoms with Crippen molar-refractivity contribution in [2.75, 3.05) is 11.9 Å². The summed E-state index contributed by atoms with van der Waals surface area (Å²) in [6.07, 6.45) is 1.34. The lowest BCUT2D eigenvalue weighted by atomic mass is 10.0. The van der Waals surface area contributed by atoms with Crippen molar-refractivity contribution >= 4 is 29.4 Å². The number of aliphatic hydroxyl groups is 1. The lowest BCUT2D eigenvalue weighted by Gasteiger charge is -2.19. The molecule has 10 heteroatoms. The number of carboxylic acids is 1. The topological polar surface area (TPSA) is 116 Å². The van der Waals surface area contributed by atoms with E-state index in [4.69, 9.17) is 21.8 Å². The minimum Gasteiger partial charge on any atom is -0.480 e. The Labute approximate surface area is 172 Å². The number of halogens is 2. The van der Waals surface area contributed by atoms with Gasteiger partial charge < -0.3 is 20.4 Å². The number of hydrogen-bond acceptors (Lipinski definition) is 6. The van der Waals surface area contributed by atoms with Gasteiger partial charge in [-0.1, -0.05) is 19.0 Å². The smallest absolute Gasteiger partial charge is 0.326 e. The van der Waals surface area contributed by atoms with E-state index in [0.717, 1.165) is 4.90 Å². The number of benzene rings is 1. The second kappa shape index (κ2) is 8.71. The number of amides is 1. The molecule has 1 aliphatic rings. The molecule has 0 saturated carbocycles. The van der Waals surface area contributed by atoms with Crippen molar-refractivity contribution in [3.05, 3.63) is 40.3 Å². The van der Waals surface area contributed by atoms with E-state index in [0.29, 0.717) is 0 Å². The monoisotopic (exact) mass is 424 g/mol. The quantitative estimate of drug-likeness (QED) is 0.652. The largest absolute Gasteiger partial charge is 0.480 e. The summed E-state index contributed by atoms with van der Waals surface area (Å²) >= 11 is 6.16. The van der Waals surface area contributed by atoms with Crippen molar-refractivity contribution in [1.29, 1.82) is 0 Å². The first-order valence-electron chi connectivity index (χ1n) is 8.49. The van der Waals surface area contributed by atoms with Crippen LogP contribution in [0.4, 0.5) is 10.3 Å². The molecule has 0 radical (unpaired) electrons. The molecule has 1 aromatic heterocycles. The van der Waals surface area contributed by atoms with Crippen molar-refractivity contribution in [3.8, 4) is 11.3 Å². The summed E-state index contributed by atoms with van der Waals surface area (Å²) in [5, 5.41) is 21.3. The van der Waals surface area contributed by atoms with Crippen LogP contribution in [0.3, 0.4) is 0 Å². The van der Waals surface area contributed by atoms with Crippen LogP contribution in [0, 0.1) is 5.82 Å². The number of aliphatic hydroxyl groups excluding tert-OH is 1. The molecule has 2 atom stereocenters. The summed E-state index contributed by atoms with van der Waals surface area (Å²) in [5.41, 5.74) is 0.695. The summed E-state index contributed by atoms with van der Waals surface area (Å²) in [4.78, 5) is 33.2. The van der Waals surface area contributed by atoms with Gasteiger partial charge in [0.15, 0.2) is 0 Å². The summed E-state index contributed by atoms with van der Waals surface area (Å²) < 4.78 is 14.7. The fourth-order valence-electron chi connectivity index (χ4n) is 2.87. The molecule has 156 valence electrons. The molecule has 1 aromatic carbocycles. The molecule has 0 aliphatic carbocycles. The van der Waals surface area contributed by atoms with Crippen molar-refractivity contribution in [2.45, 2.75) is 39.9 Å². The van der Waals surface area contributed by atoms with Gasteiger partial charge in [-0.3, -0.25) is 4.79 Å². The second-order valence-corrected chi connectivity index (χ2v) is 6.96. The number of nitrogens with zero attached hydrogens (tertiary/aromatic N) is 3. The van der Waals surface area contributed by atoms with Crippen molar-refractivity contribution in [2.24, 2.45) is 0 Å². The first-order chi connectivity index (χ1) is 13.2. The Bertz CT molecular complexity index is 956. The van der Waals surface area contributed by atoms with Crippen molar-refractivity contribution in [1.82, 2.24) is 14.9 Å². The number of aliphatic carboxylic acids is 1. The maximum atomic E-state index is 14.7. The molecule has 3 N–H and O–H groups in total. The highest BCUT2D eigenvalue weighted by atomic mass is 35.5. The van der Waals surface area contributed by atoms with Gasteiger partial charge in [-0.25, -0.2) is 19.2 Å². The molecule has 0 unspecified atom stereocenters. The average Bonchev–Trinajstić information content (AvgIpc) is 2.99. The first kappa shape index (κ1) is 22.5. The molecule has 0 spiro atoms. The molecule has 0 saturated heterocycles. The third-order valence-corrected chi connectivity index (χ3v) is 4.78. The van der Waals surface area contributed by atoms with E-state index in [1.807, 2.05) is 0 Å². The van der Waals surface area contributed by atoms with E-state index >= 15 is 0 Å². The van der Waals surface area contributed by atoms with Crippen LogP contribution in [-0.4, -0.2) is 55.6 Å².